The number of rotatable bonds is 1. The number of fused-ring (bicyclic) bond motifs is 1. The summed E-state index contributed by atoms with van der Waals surface area (Å²) in [5.41, 5.74) is 0.639. The minimum Gasteiger partial charge on any atom is -0.476 e. The van der Waals surface area contributed by atoms with Crippen LogP contribution in [0.5, 0.6) is 5.75 Å². The SMILES string of the molecule is O=C(O)C1(S)Nc2ccccc2O1. The van der Waals surface area contributed by atoms with Crippen LogP contribution in [0.1, 0.15) is 0 Å². The van der Waals surface area contributed by atoms with E-state index < -0.39 is 11.0 Å². The fourth-order valence-corrected chi connectivity index (χ4v) is 1.34. The number of para-hydroxylation sites is 2. The summed E-state index contributed by atoms with van der Waals surface area (Å²) < 4.78 is 5.11. The van der Waals surface area contributed by atoms with E-state index in [-0.39, 0.29) is 0 Å². The second kappa shape index (κ2) is 2.56. The molecule has 1 aromatic carbocycles. The lowest BCUT2D eigenvalue weighted by Gasteiger charge is -2.16. The number of thiol groups is 1. The van der Waals surface area contributed by atoms with Crippen LogP contribution < -0.4 is 10.1 Å². The van der Waals surface area contributed by atoms with Crippen LogP contribution in [0, 0.1) is 0 Å². The fraction of sp³-hybridized carbons (Fsp3) is 0.125. The molecule has 1 aliphatic rings. The van der Waals surface area contributed by atoms with Gasteiger partial charge in [-0.05, 0) is 12.1 Å². The Kier molecular flexibility index (Phi) is 1.63. The van der Waals surface area contributed by atoms with Gasteiger partial charge in [0.15, 0.2) is 0 Å². The third kappa shape index (κ3) is 1.21. The first kappa shape index (κ1) is 8.25. The first-order valence-corrected chi connectivity index (χ1v) is 4.08. The Balaban J connectivity index is 2.37. The number of benzene rings is 1. The average molecular weight is 197 g/mol. The van der Waals surface area contributed by atoms with Crippen molar-refractivity contribution in [2.45, 2.75) is 5.06 Å². The molecular formula is C8H7NO3S. The summed E-state index contributed by atoms with van der Waals surface area (Å²) in [6, 6.07) is 6.97. The summed E-state index contributed by atoms with van der Waals surface area (Å²) in [6.07, 6.45) is 0. The fourth-order valence-electron chi connectivity index (χ4n) is 1.12. The topological polar surface area (TPSA) is 58.6 Å². The minimum absolute atomic E-state index is 0.500. The maximum atomic E-state index is 10.7. The van der Waals surface area contributed by atoms with Crippen molar-refractivity contribution < 1.29 is 14.6 Å². The molecule has 2 rings (SSSR count). The van der Waals surface area contributed by atoms with E-state index >= 15 is 0 Å². The Labute approximate surface area is 79.9 Å². The average Bonchev–Trinajstić information content (AvgIpc) is 2.42. The van der Waals surface area contributed by atoms with Crippen molar-refractivity contribution in [1.29, 1.82) is 0 Å². The van der Waals surface area contributed by atoms with Crippen molar-refractivity contribution in [3.05, 3.63) is 24.3 Å². The van der Waals surface area contributed by atoms with Crippen LogP contribution in [0.4, 0.5) is 5.69 Å². The van der Waals surface area contributed by atoms with Crippen molar-refractivity contribution in [3.8, 4) is 5.75 Å². The lowest BCUT2D eigenvalue weighted by atomic mass is 10.3. The number of carboxylic acid groups (broad SMARTS) is 1. The van der Waals surface area contributed by atoms with E-state index in [0.29, 0.717) is 11.4 Å². The third-order valence-electron chi connectivity index (χ3n) is 1.74. The predicted octanol–water partition coefficient (Wildman–Crippen LogP) is 1.16. The molecule has 1 aliphatic heterocycles. The molecular weight excluding hydrogens is 190 g/mol. The van der Waals surface area contributed by atoms with Crippen LogP contribution in [0.2, 0.25) is 0 Å². The number of carboxylic acids is 1. The lowest BCUT2D eigenvalue weighted by Crippen LogP contribution is -2.42. The first-order chi connectivity index (χ1) is 6.12. The van der Waals surface area contributed by atoms with Crippen LogP contribution in [-0.4, -0.2) is 16.1 Å². The summed E-state index contributed by atoms with van der Waals surface area (Å²) in [7, 11) is 0. The highest BCUT2D eigenvalue weighted by molar-refractivity contribution is 7.82. The Bertz CT molecular complexity index is 341. The van der Waals surface area contributed by atoms with Gasteiger partial charge in [-0.25, -0.2) is 4.79 Å². The molecule has 0 saturated heterocycles. The molecule has 13 heavy (non-hydrogen) atoms. The molecule has 2 N–H and O–H groups in total. The number of aliphatic carboxylic acids is 1. The van der Waals surface area contributed by atoms with Gasteiger partial charge in [-0.15, -0.1) is 0 Å². The third-order valence-corrected chi connectivity index (χ3v) is 2.13. The number of hydrogen-bond acceptors (Lipinski definition) is 4. The predicted molar refractivity (Wildman–Crippen MR) is 50.0 cm³/mol. The molecule has 0 spiro atoms. The number of hydrogen-bond donors (Lipinski definition) is 3. The zero-order valence-corrected chi connectivity index (χ0v) is 7.41. The molecule has 0 bridgehead atoms. The Morgan fingerprint density at radius 2 is 2.23 bits per heavy atom. The summed E-state index contributed by atoms with van der Waals surface area (Å²) in [4.78, 5) is 10.7. The van der Waals surface area contributed by atoms with Crippen molar-refractivity contribution in [1.82, 2.24) is 0 Å². The lowest BCUT2D eigenvalue weighted by molar-refractivity contribution is -0.145. The normalized spacial score (nSPS) is 24.4. The van der Waals surface area contributed by atoms with E-state index in [0.717, 1.165) is 0 Å². The number of ether oxygens (including phenoxy) is 1. The van der Waals surface area contributed by atoms with Crippen LogP contribution in [0.25, 0.3) is 0 Å². The summed E-state index contributed by atoms with van der Waals surface area (Å²) in [6.45, 7) is 0. The van der Waals surface area contributed by atoms with Gasteiger partial charge in [0.05, 0.1) is 5.69 Å². The van der Waals surface area contributed by atoms with E-state index in [1.54, 1.807) is 24.3 Å². The van der Waals surface area contributed by atoms with E-state index in [2.05, 4.69) is 17.9 Å². The molecule has 68 valence electrons. The van der Waals surface area contributed by atoms with Crippen molar-refractivity contribution in [3.63, 3.8) is 0 Å². The maximum Gasteiger partial charge on any atom is 0.381 e. The molecule has 1 atom stereocenters. The van der Waals surface area contributed by atoms with E-state index in [4.69, 9.17) is 9.84 Å². The van der Waals surface area contributed by atoms with Crippen LogP contribution >= 0.6 is 12.6 Å². The zero-order chi connectivity index (χ0) is 9.47. The van der Waals surface area contributed by atoms with Gasteiger partial charge in [0.25, 0.3) is 0 Å². The summed E-state index contributed by atoms with van der Waals surface area (Å²) >= 11 is 3.89. The molecule has 5 heteroatoms. The highest BCUT2D eigenvalue weighted by Crippen LogP contribution is 2.37. The number of carbonyl (C=O) groups is 1. The molecule has 0 radical (unpaired) electrons. The van der Waals surface area contributed by atoms with E-state index in [1.165, 1.54) is 0 Å². The van der Waals surface area contributed by atoms with Crippen molar-refractivity contribution >= 4 is 24.3 Å². The monoisotopic (exact) mass is 197 g/mol. The van der Waals surface area contributed by atoms with Crippen LogP contribution in [0.15, 0.2) is 24.3 Å². The van der Waals surface area contributed by atoms with Gasteiger partial charge >= 0.3 is 11.0 Å². The Morgan fingerprint density at radius 1 is 1.54 bits per heavy atom. The quantitative estimate of drug-likeness (QED) is 0.591. The van der Waals surface area contributed by atoms with Gasteiger partial charge in [0, 0.05) is 0 Å². The summed E-state index contributed by atoms with van der Waals surface area (Å²) in [5, 5.41) is 9.80. The smallest absolute Gasteiger partial charge is 0.381 e. The van der Waals surface area contributed by atoms with Crippen molar-refractivity contribution in [2.24, 2.45) is 0 Å². The first-order valence-electron chi connectivity index (χ1n) is 3.64. The van der Waals surface area contributed by atoms with Crippen LogP contribution in [0.3, 0.4) is 0 Å². The van der Waals surface area contributed by atoms with E-state index in [9.17, 15) is 4.79 Å². The molecule has 0 fully saturated rings. The van der Waals surface area contributed by atoms with Crippen LogP contribution in [-0.2, 0) is 4.79 Å². The molecule has 0 amide bonds. The largest absolute Gasteiger partial charge is 0.476 e. The molecule has 1 unspecified atom stereocenters. The van der Waals surface area contributed by atoms with Gasteiger partial charge in [-0.3, -0.25) is 0 Å². The van der Waals surface area contributed by atoms with Gasteiger partial charge in [-0.2, -0.15) is 0 Å². The second-order valence-corrected chi connectivity index (χ2v) is 3.30. The molecule has 4 nitrogen and oxygen atoms in total. The number of nitrogens with one attached hydrogen (secondary N) is 1. The van der Waals surface area contributed by atoms with Gasteiger partial charge in [-0.1, -0.05) is 24.8 Å². The molecule has 0 saturated carbocycles. The Hall–Kier alpha value is -1.36. The molecule has 1 heterocycles. The highest BCUT2D eigenvalue weighted by atomic mass is 32.1. The van der Waals surface area contributed by atoms with E-state index in [1.807, 2.05) is 0 Å². The number of anilines is 1. The Morgan fingerprint density at radius 3 is 2.85 bits per heavy atom. The zero-order valence-electron chi connectivity index (χ0n) is 6.52. The second-order valence-electron chi connectivity index (χ2n) is 2.67. The summed E-state index contributed by atoms with van der Waals surface area (Å²) in [5.74, 6) is -0.660. The molecule has 0 aliphatic carbocycles. The van der Waals surface area contributed by atoms with Gasteiger partial charge in [0.2, 0.25) is 0 Å². The van der Waals surface area contributed by atoms with Gasteiger partial charge < -0.3 is 15.2 Å². The molecule has 1 aromatic rings. The maximum absolute atomic E-state index is 10.7. The standard InChI is InChI=1S/C8H7NO3S/c10-7(11)8(13)9-5-3-1-2-4-6(5)12-8/h1-4,9,13H,(H,10,11). The highest BCUT2D eigenvalue weighted by Gasteiger charge is 2.42. The van der Waals surface area contributed by atoms with Gasteiger partial charge in [0.1, 0.15) is 5.75 Å². The minimum atomic E-state index is -1.64. The van der Waals surface area contributed by atoms with Crippen molar-refractivity contribution in [2.75, 3.05) is 5.32 Å². The molecule has 0 aromatic heterocycles.